The van der Waals surface area contributed by atoms with Crippen molar-refractivity contribution in [3.05, 3.63) is 0 Å². The number of hydrogen-bond donors (Lipinski definition) is 2. The highest BCUT2D eigenvalue weighted by Gasteiger charge is 2.28. The normalized spacial score (nSPS) is 22.4. The molecule has 0 spiro atoms. The van der Waals surface area contributed by atoms with Gasteiger partial charge in [0.2, 0.25) is 0 Å². The van der Waals surface area contributed by atoms with Crippen molar-refractivity contribution in [3.8, 4) is 0 Å². The lowest BCUT2D eigenvalue weighted by molar-refractivity contribution is 0.0507. The van der Waals surface area contributed by atoms with E-state index in [2.05, 4.69) is 25.4 Å². The number of nitrogens with one attached hydrogen (secondary N) is 2. The molecule has 0 bridgehead atoms. The van der Waals surface area contributed by atoms with Crippen LogP contribution in [0.3, 0.4) is 0 Å². The molecule has 1 unspecified atom stereocenters. The number of aliphatic imine (C=N–C) groups is 1. The van der Waals surface area contributed by atoms with Crippen molar-refractivity contribution < 1.29 is 14.3 Å². The summed E-state index contributed by atoms with van der Waals surface area (Å²) in [7, 11) is 3.58. The van der Waals surface area contributed by atoms with Crippen molar-refractivity contribution in [2.45, 2.75) is 51.7 Å². The molecule has 28 heavy (non-hydrogen) atoms. The molecule has 1 atom stereocenters. The Morgan fingerprint density at radius 3 is 2.50 bits per heavy atom. The number of carbonyl (C=O) groups excluding carboxylic acids is 1. The highest BCUT2D eigenvalue weighted by molar-refractivity contribution is 5.80. The van der Waals surface area contributed by atoms with Crippen molar-refractivity contribution in [1.82, 2.24) is 20.4 Å². The Balaban J connectivity index is 1.69. The minimum atomic E-state index is -0.473. The molecule has 2 saturated heterocycles. The second-order valence-electron chi connectivity index (χ2n) is 8.78. The maximum absolute atomic E-state index is 12.0. The number of carbonyl (C=O) groups is 1. The lowest BCUT2D eigenvalue weighted by Crippen LogP contribution is -2.46. The van der Waals surface area contributed by atoms with Gasteiger partial charge in [-0.2, -0.15) is 0 Å². The van der Waals surface area contributed by atoms with Crippen LogP contribution in [0.25, 0.3) is 0 Å². The van der Waals surface area contributed by atoms with E-state index in [1.165, 1.54) is 12.8 Å². The van der Waals surface area contributed by atoms with E-state index in [4.69, 9.17) is 9.47 Å². The van der Waals surface area contributed by atoms with Crippen molar-refractivity contribution in [1.29, 1.82) is 0 Å². The van der Waals surface area contributed by atoms with Crippen molar-refractivity contribution in [2.24, 2.45) is 10.9 Å². The summed E-state index contributed by atoms with van der Waals surface area (Å²) in [5.41, 5.74) is -0.473. The van der Waals surface area contributed by atoms with E-state index in [1.54, 1.807) is 7.11 Å². The average molecular weight is 398 g/mol. The number of methoxy groups -OCH3 is 1. The summed E-state index contributed by atoms with van der Waals surface area (Å²) >= 11 is 0. The standard InChI is InChI=1S/C20H39N5O3/c1-20(2,3)28-19(26)23-17-8-11-25(15-17)18(21-4)22-14-16-6-9-24(10-7-16)12-13-27-5/h16-17H,6-15H2,1-5H3,(H,21,22)(H,23,26). The second kappa shape index (κ2) is 10.9. The van der Waals surface area contributed by atoms with Crippen molar-refractivity contribution in [2.75, 3.05) is 60.0 Å². The molecule has 2 rings (SSSR count). The molecule has 2 N–H and O–H groups in total. The van der Waals surface area contributed by atoms with Crippen LogP contribution in [0, 0.1) is 5.92 Å². The fourth-order valence-electron chi connectivity index (χ4n) is 3.75. The molecule has 8 heteroatoms. The molecule has 0 radical (unpaired) electrons. The fraction of sp³-hybridized carbons (Fsp3) is 0.900. The SMILES string of the molecule is CN=C(NCC1CCN(CCOC)CC1)N1CCC(NC(=O)OC(C)(C)C)C1. The van der Waals surface area contributed by atoms with Crippen LogP contribution >= 0.6 is 0 Å². The highest BCUT2D eigenvalue weighted by atomic mass is 16.6. The van der Waals surface area contributed by atoms with Gasteiger partial charge in [-0.15, -0.1) is 0 Å². The third kappa shape index (κ3) is 7.83. The minimum absolute atomic E-state index is 0.0948. The molecule has 0 saturated carbocycles. The van der Waals surface area contributed by atoms with E-state index in [9.17, 15) is 4.79 Å². The first-order valence-electron chi connectivity index (χ1n) is 10.5. The van der Waals surface area contributed by atoms with Gasteiger partial charge >= 0.3 is 6.09 Å². The summed E-state index contributed by atoms with van der Waals surface area (Å²) in [5, 5.41) is 6.51. The molecule has 2 heterocycles. The number of piperidine rings is 1. The number of ether oxygens (including phenoxy) is 2. The zero-order chi connectivity index (χ0) is 20.6. The Hall–Kier alpha value is -1.54. The molecular formula is C20H39N5O3. The molecule has 0 aromatic rings. The number of likely N-dealkylation sites (tertiary alicyclic amines) is 2. The van der Waals surface area contributed by atoms with Crippen LogP contribution in [0.2, 0.25) is 0 Å². The average Bonchev–Trinajstić information content (AvgIpc) is 3.08. The van der Waals surface area contributed by atoms with Gasteiger partial charge in [-0.3, -0.25) is 4.99 Å². The Kier molecular flexibility index (Phi) is 8.82. The van der Waals surface area contributed by atoms with Gasteiger partial charge in [0.1, 0.15) is 5.60 Å². The van der Waals surface area contributed by atoms with E-state index in [-0.39, 0.29) is 12.1 Å². The summed E-state index contributed by atoms with van der Waals surface area (Å²) in [6.07, 6.45) is 2.97. The van der Waals surface area contributed by atoms with Gasteiger partial charge < -0.3 is 29.9 Å². The zero-order valence-corrected chi connectivity index (χ0v) is 18.3. The first kappa shape index (κ1) is 22.7. The lowest BCUT2D eigenvalue weighted by Gasteiger charge is -2.32. The zero-order valence-electron chi connectivity index (χ0n) is 18.3. The second-order valence-corrected chi connectivity index (χ2v) is 8.78. The van der Waals surface area contributed by atoms with Gasteiger partial charge in [0.25, 0.3) is 0 Å². The smallest absolute Gasteiger partial charge is 0.407 e. The van der Waals surface area contributed by atoms with Crippen LogP contribution in [0.5, 0.6) is 0 Å². The van der Waals surface area contributed by atoms with E-state index < -0.39 is 5.60 Å². The third-order valence-corrected chi connectivity index (χ3v) is 5.29. The number of nitrogens with zero attached hydrogens (tertiary/aromatic N) is 3. The van der Waals surface area contributed by atoms with Gasteiger partial charge in [0.05, 0.1) is 12.6 Å². The Morgan fingerprint density at radius 1 is 1.18 bits per heavy atom. The van der Waals surface area contributed by atoms with Gasteiger partial charge in [-0.1, -0.05) is 0 Å². The molecule has 2 fully saturated rings. The van der Waals surface area contributed by atoms with Crippen LogP contribution < -0.4 is 10.6 Å². The Bertz CT molecular complexity index is 512. The summed E-state index contributed by atoms with van der Waals surface area (Å²) < 4.78 is 10.5. The van der Waals surface area contributed by atoms with E-state index in [0.717, 1.165) is 58.3 Å². The van der Waals surface area contributed by atoms with Gasteiger partial charge in [-0.25, -0.2) is 4.79 Å². The number of amides is 1. The van der Waals surface area contributed by atoms with Crippen LogP contribution in [0.1, 0.15) is 40.0 Å². The van der Waals surface area contributed by atoms with E-state index in [1.807, 2.05) is 27.8 Å². The first-order valence-corrected chi connectivity index (χ1v) is 10.5. The molecule has 162 valence electrons. The monoisotopic (exact) mass is 397 g/mol. The fourth-order valence-corrected chi connectivity index (χ4v) is 3.75. The lowest BCUT2D eigenvalue weighted by atomic mass is 9.97. The summed E-state index contributed by atoms with van der Waals surface area (Å²) in [4.78, 5) is 21.1. The van der Waals surface area contributed by atoms with E-state index in [0.29, 0.717) is 5.92 Å². The maximum Gasteiger partial charge on any atom is 0.407 e. The molecule has 2 aliphatic heterocycles. The van der Waals surface area contributed by atoms with Gasteiger partial charge in [0.15, 0.2) is 5.96 Å². The molecule has 2 aliphatic rings. The van der Waals surface area contributed by atoms with Crippen LogP contribution in [0.4, 0.5) is 4.79 Å². The van der Waals surface area contributed by atoms with Crippen LogP contribution in [-0.4, -0.2) is 93.5 Å². The largest absolute Gasteiger partial charge is 0.444 e. The van der Waals surface area contributed by atoms with Crippen molar-refractivity contribution >= 4 is 12.1 Å². The number of alkyl carbamates (subject to hydrolysis) is 1. The number of hydrogen-bond acceptors (Lipinski definition) is 5. The molecule has 0 aromatic carbocycles. The summed E-state index contributed by atoms with van der Waals surface area (Å²) in [5.74, 6) is 1.60. The van der Waals surface area contributed by atoms with Crippen LogP contribution in [0.15, 0.2) is 4.99 Å². The predicted molar refractivity (Wildman–Crippen MR) is 112 cm³/mol. The summed E-state index contributed by atoms with van der Waals surface area (Å²) in [6, 6.07) is 0.0948. The number of rotatable bonds is 6. The minimum Gasteiger partial charge on any atom is -0.444 e. The molecular weight excluding hydrogens is 358 g/mol. The topological polar surface area (TPSA) is 78.4 Å². The first-order chi connectivity index (χ1) is 13.3. The summed E-state index contributed by atoms with van der Waals surface area (Å²) in [6.45, 7) is 12.3. The van der Waals surface area contributed by atoms with Crippen molar-refractivity contribution in [3.63, 3.8) is 0 Å². The predicted octanol–water partition coefficient (Wildman–Crippen LogP) is 1.52. The molecule has 8 nitrogen and oxygen atoms in total. The Labute approximate surface area is 170 Å². The maximum atomic E-state index is 12.0. The number of guanidine groups is 1. The quantitative estimate of drug-likeness (QED) is 0.523. The Morgan fingerprint density at radius 2 is 1.89 bits per heavy atom. The molecule has 0 aliphatic carbocycles. The molecule has 0 aromatic heterocycles. The highest BCUT2D eigenvalue weighted by Crippen LogP contribution is 2.17. The van der Waals surface area contributed by atoms with E-state index >= 15 is 0 Å². The van der Waals surface area contributed by atoms with Gasteiger partial charge in [0, 0.05) is 40.3 Å². The van der Waals surface area contributed by atoms with Gasteiger partial charge in [-0.05, 0) is 59.0 Å². The third-order valence-electron chi connectivity index (χ3n) is 5.29. The molecule has 1 amide bonds. The van der Waals surface area contributed by atoms with Crippen LogP contribution in [-0.2, 0) is 9.47 Å².